The number of oxime groups is 1. The number of benzene rings is 3. The maximum atomic E-state index is 14.5. The van der Waals surface area contributed by atoms with Crippen molar-refractivity contribution in [3.8, 4) is 11.5 Å². The number of amides is 2. The second-order valence-corrected chi connectivity index (χ2v) is 13.4. The first-order valence-corrected chi connectivity index (χ1v) is 15.8. The molecule has 5 rings (SSSR count). The standard InChI is InChI=1S/C35H38ClF3N4O5/c1-20(2)40-32(45)33(4,5)48-42-21(3)23-15-25(17-27(16-23)46-6)41-30(22-7-9-24(36)10-8-22)31(44)43-19-34(13-14-34)28-12-11-26(18-29(28)43)47-35(37,38)39/h7-12,15-18,20,30,41H,13-14,19H2,1-6H3,(H,40,45). The Morgan fingerprint density at radius 2 is 1.69 bits per heavy atom. The quantitative estimate of drug-likeness (QED) is 0.160. The summed E-state index contributed by atoms with van der Waals surface area (Å²) in [6.07, 6.45) is -3.24. The molecule has 1 fully saturated rings. The van der Waals surface area contributed by atoms with Gasteiger partial charge in [0.25, 0.3) is 11.8 Å². The van der Waals surface area contributed by atoms with Crippen molar-refractivity contribution in [3.63, 3.8) is 0 Å². The topological polar surface area (TPSA) is 101 Å². The van der Waals surface area contributed by atoms with E-state index in [0.717, 1.165) is 18.4 Å². The van der Waals surface area contributed by atoms with Crippen molar-refractivity contribution in [2.75, 3.05) is 23.9 Å². The molecule has 1 atom stereocenters. The number of halogens is 4. The molecule has 0 saturated heterocycles. The van der Waals surface area contributed by atoms with Crippen molar-refractivity contribution >= 4 is 40.5 Å². The number of nitrogens with zero attached hydrogens (tertiary/aromatic N) is 2. The summed E-state index contributed by atoms with van der Waals surface area (Å²) in [6.45, 7) is 8.97. The molecule has 1 aliphatic heterocycles. The Morgan fingerprint density at radius 3 is 2.29 bits per heavy atom. The molecule has 1 spiro atoms. The van der Waals surface area contributed by atoms with E-state index in [2.05, 4.69) is 20.5 Å². The number of hydrogen-bond donors (Lipinski definition) is 2. The van der Waals surface area contributed by atoms with E-state index in [1.165, 1.54) is 24.1 Å². The molecule has 48 heavy (non-hydrogen) atoms. The summed E-state index contributed by atoms with van der Waals surface area (Å²) in [5.74, 6) is -0.629. The van der Waals surface area contributed by atoms with Crippen LogP contribution in [0.4, 0.5) is 24.5 Å². The van der Waals surface area contributed by atoms with Crippen LogP contribution in [-0.2, 0) is 19.8 Å². The van der Waals surface area contributed by atoms with Gasteiger partial charge in [0.05, 0.1) is 18.5 Å². The van der Waals surface area contributed by atoms with Gasteiger partial charge in [-0.3, -0.25) is 9.59 Å². The molecule has 2 N–H and O–H groups in total. The highest BCUT2D eigenvalue weighted by molar-refractivity contribution is 6.30. The molecule has 0 bridgehead atoms. The van der Waals surface area contributed by atoms with Gasteiger partial charge in [-0.15, -0.1) is 13.2 Å². The number of nitrogens with one attached hydrogen (secondary N) is 2. The van der Waals surface area contributed by atoms with Gasteiger partial charge in [0.1, 0.15) is 17.5 Å². The lowest BCUT2D eigenvalue weighted by atomic mass is 9.99. The van der Waals surface area contributed by atoms with Crippen molar-refractivity contribution in [2.45, 2.75) is 76.9 Å². The SMILES string of the molecule is COc1cc(NC(C(=O)N2CC3(CC3)c3ccc(OC(F)(F)F)cc32)c2ccc(Cl)cc2)cc(C(C)=NOC(C)(C)C(=O)NC(C)C)c1. The number of carbonyl (C=O) groups excluding carboxylic acids is 2. The van der Waals surface area contributed by atoms with E-state index in [0.29, 0.717) is 45.5 Å². The molecule has 0 aromatic heterocycles. The normalized spacial score (nSPS) is 16.0. The van der Waals surface area contributed by atoms with E-state index in [9.17, 15) is 22.8 Å². The van der Waals surface area contributed by atoms with E-state index >= 15 is 0 Å². The minimum atomic E-state index is -4.88. The second kappa shape index (κ2) is 13.2. The summed E-state index contributed by atoms with van der Waals surface area (Å²) in [7, 11) is 1.50. The van der Waals surface area contributed by atoms with Crippen LogP contribution in [0.3, 0.4) is 0 Å². The average molecular weight is 687 g/mol. The van der Waals surface area contributed by atoms with Gasteiger partial charge in [0, 0.05) is 46.4 Å². The minimum absolute atomic E-state index is 0.0760. The maximum absolute atomic E-state index is 14.5. The third-order valence-electron chi connectivity index (χ3n) is 8.34. The van der Waals surface area contributed by atoms with E-state index < -0.39 is 23.8 Å². The number of hydrogen-bond acceptors (Lipinski definition) is 7. The Hall–Kier alpha value is -4.45. The molecular formula is C35H38ClF3N4O5. The Balaban J connectivity index is 1.48. The number of rotatable bonds is 11. The molecular weight excluding hydrogens is 649 g/mol. The van der Waals surface area contributed by atoms with Crippen LogP contribution in [-0.4, -0.2) is 49.2 Å². The molecule has 0 radical (unpaired) electrons. The Labute approximate surface area is 282 Å². The van der Waals surface area contributed by atoms with Gasteiger partial charge in [-0.25, -0.2) is 0 Å². The third-order valence-corrected chi connectivity index (χ3v) is 8.60. The van der Waals surface area contributed by atoms with Crippen LogP contribution >= 0.6 is 11.6 Å². The summed E-state index contributed by atoms with van der Waals surface area (Å²) in [6, 6.07) is 15.1. The van der Waals surface area contributed by atoms with E-state index in [4.69, 9.17) is 21.2 Å². The first-order valence-electron chi connectivity index (χ1n) is 15.5. The van der Waals surface area contributed by atoms with Crippen molar-refractivity contribution in [2.24, 2.45) is 5.16 Å². The molecule has 1 saturated carbocycles. The van der Waals surface area contributed by atoms with Gasteiger partial charge in [-0.2, -0.15) is 0 Å². The summed E-state index contributed by atoms with van der Waals surface area (Å²) in [4.78, 5) is 34.3. The van der Waals surface area contributed by atoms with E-state index in [1.807, 2.05) is 13.8 Å². The summed E-state index contributed by atoms with van der Waals surface area (Å²) in [5.41, 5.74) is 1.78. The summed E-state index contributed by atoms with van der Waals surface area (Å²) >= 11 is 6.18. The fourth-order valence-corrected chi connectivity index (χ4v) is 5.74. The zero-order valence-electron chi connectivity index (χ0n) is 27.5. The zero-order valence-corrected chi connectivity index (χ0v) is 28.3. The maximum Gasteiger partial charge on any atom is 0.573 e. The van der Waals surface area contributed by atoms with E-state index in [-0.39, 0.29) is 23.3 Å². The largest absolute Gasteiger partial charge is 0.573 e. The molecule has 1 aliphatic carbocycles. The van der Waals surface area contributed by atoms with Crippen molar-refractivity contribution in [3.05, 3.63) is 82.4 Å². The molecule has 3 aromatic carbocycles. The van der Waals surface area contributed by atoms with Crippen LogP contribution in [0.1, 0.15) is 70.2 Å². The summed E-state index contributed by atoms with van der Waals surface area (Å²) in [5, 5.41) is 10.8. The fraction of sp³-hybridized carbons (Fsp3) is 0.400. The predicted octanol–water partition coefficient (Wildman–Crippen LogP) is 7.52. The van der Waals surface area contributed by atoms with Gasteiger partial charge in [-0.1, -0.05) is 35.0 Å². The number of methoxy groups -OCH3 is 1. The van der Waals surface area contributed by atoms with Crippen molar-refractivity contribution in [1.29, 1.82) is 0 Å². The number of fused-ring (bicyclic) bond motifs is 2. The Bertz CT molecular complexity index is 1720. The predicted molar refractivity (Wildman–Crippen MR) is 178 cm³/mol. The molecule has 2 aliphatic rings. The first kappa shape index (κ1) is 34.9. The Morgan fingerprint density at radius 1 is 1.00 bits per heavy atom. The van der Waals surface area contributed by atoms with E-state index in [1.54, 1.807) is 69.3 Å². The Kier molecular flexibility index (Phi) is 9.60. The number of alkyl halides is 3. The van der Waals surface area contributed by atoms with Crippen LogP contribution in [0.15, 0.2) is 65.8 Å². The van der Waals surface area contributed by atoms with Gasteiger partial charge < -0.3 is 29.8 Å². The fourth-order valence-electron chi connectivity index (χ4n) is 5.62. The minimum Gasteiger partial charge on any atom is -0.497 e. The monoisotopic (exact) mass is 686 g/mol. The molecule has 1 heterocycles. The number of carbonyl (C=O) groups is 2. The van der Waals surface area contributed by atoms with Crippen LogP contribution in [0.25, 0.3) is 0 Å². The highest BCUT2D eigenvalue weighted by atomic mass is 35.5. The second-order valence-electron chi connectivity index (χ2n) is 12.9. The third kappa shape index (κ3) is 7.81. The molecule has 9 nitrogen and oxygen atoms in total. The summed E-state index contributed by atoms with van der Waals surface area (Å²) < 4.78 is 49.1. The van der Waals surface area contributed by atoms with Crippen LogP contribution in [0.2, 0.25) is 5.02 Å². The van der Waals surface area contributed by atoms with Crippen molar-refractivity contribution < 1.29 is 37.1 Å². The van der Waals surface area contributed by atoms with Crippen LogP contribution < -0.4 is 25.0 Å². The molecule has 1 unspecified atom stereocenters. The first-order chi connectivity index (χ1) is 22.5. The highest BCUT2D eigenvalue weighted by Gasteiger charge is 2.54. The van der Waals surface area contributed by atoms with Gasteiger partial charge in [-0.05, 0) is 88.9 Å². The highest BCUT2D eigenvalue weighted by Crippen LogP contribution is 2.57. The van der Waals surface area contributed by atoms with Gasteiger partial charge >= 0.3 is 6.36 Å². The molecule has 13 heteroatoms. The lowest BCUT2D eigenvalue weighted by Crippen LogP contribution is -2.46. The van der Waals surface area contributed by atoms with Crippen molar-refractivity contribution in [1.82, 2.24) is 5.32 Å². The smallest absolute Gasteiger partial charge is 0.497 e. The van der Waals surface area contributed by atoms with Crippen LogP contribution in [0.5, 0.6) is 11.5 Å². The zero-order chi connectivity index (χ0) is 35.0. The van der Waals surface area contributed by atoms with Crippen LogP contribution in [0, 0.1) is 0 Å². The molecule has 3 aromatic rings. The average Bonchev–Trinajstić information content (AvgIpc) is 3.73. The lowest BCUT2D eigenvalue weighted by Gasteiger charge is -2.27. The number of ether oxygens (including phenoxy) is 2. The molecule has 2 amide bonds. The lowest BCUT2D eigenvalue weighted by molar-refractivity contribution is -0.274. The molecule has 256 valence electrons. The van der Waals surface area contributed by atoms with Gasteiger partial charge in [0.2, 0.25) is 5.60 Å². The van der Waals surface area contributed by atoms with Gasteiger partial charge in [0.15, 0.2) is 0 Å². The number of anilines is 2.